The van der Waals surface area contributed by atoms with Gasteiger partial charge in [0.05, 0.1) is 12.8 Å². The van der Waals surface area contributed by atoms with Crippen LogP contribution in [0.15, 0.2) is 18.3 Å². The van der Waals surface area contributed by atoms with Crippen LogP contribution in [-0.2, 0) is 7.05 Å². The van der Waals surface area contributed by atoms with Gasteiger partial charge in [-0.25, -0.2) is 4.98 Å². The third-order valence-corrected chi connectivity index (χ3v) is 3.08. The third kappa shape index (κ3) is 2.08. The number of imidazole rings is 1. The molecule has 0 spiro atoms. The van der Waals surface area contributed by atoms with Crippen molar-refractivity contribution < 1.29 is 4.74 Å². The average molecular weight is 252 g/mol. The molecule has 90 valence electrons. The maximum Gasteiger partial charge on any atom is 0.200 e. The van der Waals surface area contributed by atoms with Crippen LogP contribution in [-0.4, -0.2) is 16.7 Å². The Morgan fingerprint density at radius 1 is 1.41 bits per heavy atom. The first-order valence-electron chi connectivity index (χ1n) is 5.16. The molecule has 1 heterocycles. The summed E-state index contributed by atoms with van der Waals surface area (Å²) in [6.45, 7) is 1.93. The van der Waals surface area contributed by atoms with E-state index in [2.05, 4.69) is 4.98 Å². The molecule has 2 N–H and O–H groups in total. The number of hydrogen-bond donors (Lipinski definition) is 1. The number of aryl methyl sites for hydroxylation is 2. The van der Waals surface area contributed by atoms with Crippen LogP contribution < -0.4 is 10.5 Å². The minimum Gasteiger partial charge on any atom is -0.496 e. The SMILES string of the molecule is COc1cc(C)c(Cl)cc1-c1cn(C)c(N)n1. The van der Waals surface area contributed by atoms with Crippen LogP contribution >= 0.6 is 11.6 Å². The Labute approximate surface area is 105 Å². The molecule has 0 aliphatic heterocycles. The quantitative estimate of drug-likeness (QED) is 0.893. The van der Waals surface area contributed by atoms with Gasteiger partial charge in [0.15, 0.2) is 5.95 Å². The zero-order valence-electron chi connectivity index (χ0n) is 9.99. The Kier molecular flexibility index (Phi) is 2.98. The lowest BCUT2D eigenvalue weighted by molar-refractivity contribution is 0.416. The summed E-state index contributed by atoms with van der Waals surface area (Å²) < 4.78 is 7.09. The second-order valence-electron chi connectivity index (χ2n) is 3.90. The first-order valence-corrected chi connectivity index (χ1v) is 5.54. The van der Waals surface area contributed by atoms with Gasteiger partial charge >= 0.3 is 0 Å². The maximum atomic E-state index is 6.12. The molecule has 0 aliphatic carbocycles. The summed E-state index contributed by atoms with van der Waals surface area (Å²) in [7, 11) is 3.46. The van der Waals surface area contributed by atoms with E-state index in [1.165, 1.54) is 0 Å². The van der Waals surface area contributed by atoms with Crippen LogP contribution in [0.5, 0.6) is 5.75 Å². The third-order valence-electron chi connectivity index (χ3n) is 2.67. The molecule has 17 heavy (non-hydrogen) atoms. The molecule has 5 heteroatoms. The van der Waals surface area contributed by atoms with Crippen LogP contribution in [0, 0.1) is 6.92 Å². The van der Waals surface area contributed by atoms with E-state index in [0.29, 0.717) is 11.0 Å². The number of rotatable bonds is 2. The highest BCUT2D eigenvalue weighted by Crippen LogP contribution is 2.34. The molecule has 2 aromatic rings. The Morgan fingerprint density at radius 3 is 2.65 bits per heavy atom. The number of hydrogen-bond acceptors (Lipinski definition) is 3. The summed E-state index contributed by atoms with van der Waals surface area (Å²) in [5, 5.41) is 0.685. The van der Waals surface area contributed by atoms with Gasteiger partial charge in [0.1, 0.15) is 5.75 Å². The van der Waals surface area contributed by atoms with Gasteiger partial charge in [0.2, 0.25) is 0 Å². The molecule has 1 aromatic carbocycles. The molecule has 1 aromatic heterocycles. The van der Waals surface area contributed by atoms with Crippen molar-refractivity contribution in [3.8, 4) is 17.0 Å². The Balaban J connectivity index is 2.61. The summed E-state index contributed by atoms with van der Waals surface area (Å²) in [4.78, 5) is 4.26. The predicted molar refractivity (Wildman–Crippen MR) is 69.4 cm³/mol. The topological polar surface area (TPSA) is 53.1 Å². The fourth-order valence-corrected chi connectivity index (χ4v) is 1.80. The molecule has 2 rings (SSSR count). The maximum absolute atomic E-state index is 6.12. The fraction of sp³-hybridized carbons (Fsp3) is 0.250. The van der Waals surface area contributed by atoms with Gasteiger partial charge in [0.25, 0.3) is 0 Å². The highest BCUT2D eigenvalue weighted by Gasteiger charge is 2.12. The van der Waals surface area contributed by atoms with Gasteiger partial charge in [-0.1, -0.05) is 11.6 Å². The van der Waals surface area contributed by atoms with Crippen molar-refractivity contribution in [2.75, 3.05) is 12.8 Å². The van der Waals surface area contributed by atoms with Gasteiger partial charge in [-0.2, -0.15) is 0 Å². The molecule has 0 fully saturated rings. The standard InChI is InChI=1S/C12H14ClN3O/c1-7-4-11(17-3)8(5-9(7)13)10-6-16(2)12(14)15-10/h4-6H,1-3H3,(H2,14,15). The fourth-order valence-electron chi connectivity index (χ4n) is 1.63. The number of ether oxygens (including phenoxy) is 1. The number of halogens is 1. The Bertz CT molecular complexity index is 544. The minimum atomic E-state index is 0.457. The van der Waals surface area contributed by atoms with Crippen LogP contribution in [0.3, 0.4) is 0 Å². The van der Waals surface area contributed by atoms with Gasteiger partial charge in [0, 0.05) is 23.8 Å². The van der Waals surface area contributed by atoms with E-state index in [0.717, 1.165) is 22.6 Å². The van der Waals surface area contributed by atoms with Crippen LogP contribution in [0.1, 0.15) is 5.56 Å². The van der Waals surface area contributed by atoms with Crippen LogP contribution in [0.4, 0.5) is 5.95 Å². The molecule has 0 saturated carbocycles. The number of aromatic nitrogens is 2. The Morgan fingerprint density at radius 2 is 2.12 bits per heavy atom. The number of anilines is 1. The largest absolute Gasteiger partial charge is 0.496 e. The molecule has 0 saturated heterocycles. The van der Waals surface area contributed by atoms with Crippen molar-refractivity contribution in [3.05, 3.63) is 28.9 Å². The Hall–Kier alpha value is -1.68. The number of benzene rings is 1. The molecule has 4 nitrogen and oxygen atoms in total. The smallest absolute Gasteiger partial charge is 0.200 e. The molecular formula is C12H14ClN3O. The van der Waals surface area contributed by atoms with Crippen molar-refractivity contribution in [2.45, 2.75) is 6.92 Å². The molecule has 0 bridgehead atoms. The summed E-state index contributed by atoms with van der Waals surface area (Å²) in [5.74, 6) is 1.20. The van der Waals surface area contributed by atoms with Gasteiger partial charge in [-0.3, -0.25) is 0 Å². The van der Waals surface area contributed by atoms with E-state index in [9.17, 15) is 0 Å². The van der Waals surface area contributed by atoms with E-state index in [1.54, 1.807) is 11.7 Å². The lowest BCUT2D eigenvalue weighted by atomic mass is 10.1. The van der Waals surface area contributed by atoms with Gasteiger partial charge in [-0.05, 0) is 24.6 Å². The van der Waals surface area contributed by atoms with Crippen LogP contribution in [0.25, 0.3) is 11.3 Å². The zero-order chi connectivity index (χ0) is 12.6. The van der Waals surface area contributed by atoms with E-state index in [-0.39, 0.29) is 0 Å². The molecule has 0 unspecified atom stereocenters. The molecule has 0 radical (unpaired) electrons. The van der Waals surface area contributed by atoms with Crippen LogP contribution in [0.2, 0.25) is 5.02 Å². The zero-order valence-corrected chi connectivity index (χ0v) is 10.7. The molecule has 0 amide bonds. The lowest BCUT2D eigenvalue weighted by Crippen LogP contribution is -1.94. The normalized spacial score (nSPS) is 10.6. The van der Waals surface area contributed by atoms with Crippen molar-refractivity contribution in [1.82, 2.24) is 9.55 Å². The lowest BCUT2D eigenvalue weighted by Gasteiger charge is -2.08. The number of nitrogen functional groups attached to an aromatic ring is 1. The second-order valence-corrected chi connectivity index (χ2v) is 4.30. The van der Waals surface area contributed by atoms with E-state index in [1.807, 2.05) is 32.3 Å². The van der Waals surface area contributed by atoms with E-state index >= 15 is 0 Å². The second kappa shape index (κ2) is 4.30. The van der Waals surface area contributed by atoms with Crippen molar-refractivity contribution in [2.24, 2.45) is 7.05 Å². The summed E-state index contributed by atoms with van der Waals surface area (Å²) in [6, 6.07) is 3.74. The molecular weight excluding hydrogens is 238 g/mol. The van der Waals surface area contributed by atoms with Gasteiger partial charge < -0.3 is 15.0 Å². The predicted octanol–water partition coefficient (Wildman–Crippen LogP) is 2.64. The van der Waals surface area contributed by atoms with E-state index < -0.39 is 0 Å². The minimum absolute atomic E-state index is 0.457. The first kappa shape index (κ1) is 11.8. The number of nitrogens with zero attached hydrogens (tertiary/aromatic N) is 2. The summed E-state index contributed by atoms with van der Waals surface area (Å²) >= 11 is 6.12. The highest BCUT2D eigenvalue weighted by molar-refractivity contribution is 6.31. The molecule has 0 aliphatic rings. The van der Waals surface area contributed by atoms with Crippen molar-refractivity contribution in [1.29, 1.82) is 0 Å². The summed E-state index contributed by atoms with van der Waals surface area (Å²) in [5.41, 5.74) is 8.28. The molecule has 0 atom stereocenters. The van der Waals surface area contributed by atoms with Crippen molar-refractivity contribution >= 4 is 17.5 Å². The number of methoxy groups -OCH3 is 1. The average Bonchev–Trinajstić information content (AvgIpc) is 2.62. The highest BCUT2D eigenvalue weighted by atomic mass is 35.5. The van der Waals surface area contributed by atoms with Gasteiger partial charge in [-0.15, -0.1) is 0 Å². The first-order chi connectivity index (χ1) is 8.02. The van der Waals surface area contributed by atoms with Crippen molar-refractivity contribution in [3.63, 3.8) is 0 Å². The summed E-state index contributed by atoms with van der Waals surface area (Å²) in [6.07, 6.45) is 1.85. The number of nitrogens with two attached hydrogens (primary N) is 1. The van der Waals surface area contributed by atoms with E-state index in [4.69, 9.17) is 22.1 Å². The monoisotopic (exact) mass is 251 g/mol.